The second-order valence-corrected chi connectivity index (χ2v) is 11.8. The lowest BCUT2D eigenvalue weighted by Gasteiger charge is -2.35. The van der Waals surface area contributed by atoms with E-state index in [4.69, 9.17) is 9.72 Å². The zero-order chi connectivity index (χ0) is 23.8. The number of hydrogen-bond donors (Lipinski definition) is 0. The van der Waals surface area contributed by atoms with Crippen LogP contribution in [-0.4, -0.2) is 69.1 Å². The molecule has 2 aromatic rings. The van der Waals surface area contributed by atoms with Crippen molar-refractivity contribution in [2.45, 2.75) is 50.8 Å². The molecule has 0 spiro atoms. The van der Waals surface area contributed by atoms with Crippen LogP contribution in [0, 0.1) is 6.92 Å². The third kappa shape index (κ3) is 4.94. The molecule has 2 aliphatic heterocycles. The van der Waals surface area contributed by atoms with Crippen LogP contribution in [0.25, 0.3) is 0 Å². The maximum Gasteiger partial charge on any atom is 0.246 e. The molecule has 1 aromatic heterocycles. The zero-order valence-electron chi connectivity index (χ0n) is 20.3. The van der Waals surface area contributed by atoms with Gasteiger partial charge in [0.1, 0.15) is 16.5 Å². The van der Waals surface area contributed by atoms with E-state index in [1.807, 2.05) is 19.1 Å². The average Bonchev–Trinajstić information content (AvgIpc) is 3.33. The summed E-state index contributed by atoms with van der Waals surface area (Å²) >= 11 is 0. The van der Waals surface area contributed by atoms with Crippen molar-refractivity contribution in [1.29, 1.82) is 0 Å². The minimum absolute atomic E-state index is 0.162. The molecule has 4 rings (SSSR count). The van der Waals surface area contributed by atoms with Crippen molar-refractivity contribution in [2.75, 3.05) is 56.2 Å². The van der Waals surface area contributed by atoms with Gasteiger partial charge in [-0.1, -0.05) is 26.8 Å². The number of aromatic nitrogens is 2. The number of anilines is 2. The van der Waals surface area contributed by atoms with Crippen molar-refractivity contribution in [2.24, 2.45) is 0 Å². The van der Waals surface area contributed by atoms with Gasteiger partial charge in [-0.15, -0.1) is 0 Å². The fourth-order valence-electron chi connectivity index (χ4n) is 4.40. The second-order valence-electron chi connectivity index (χ2n) is 9.87. The molecule has 9 heteroatoms. The van der Waals surface area contributed by atoms with E-state index >= 15 is 0 Å². The minimum Gasteiger partial charge on any atom is -0.495 e. The largest absolute Gasteiger partial charge is 0.495 e. The first kappa shape index (κ1) is 23.8. The SMILES string of the molecule is COc1ccc(C(C)(C)C)cc1S(=O)(=O)N1CCN(c2nc(C)cc(N3CCCC3)n2)CC1. The Morgan fingerprint density at radius 1 is 0.909 bits per heavy atom. The Kier molecular flexibility index (Phi) is 6.55. The Bertz CT molecular complexity index is 1100. The topological polar surface area (TPSA) is 78.9 Å². The number of rotatable bonds is 5. The van der Waals surface area contributed by atoms with Crippen LogP contribution < -0.4 is 14.5 Å². The summed E-state index contributed by atoms with van der Waals surface area (Å²) in [5.74, 6) is 2.03. The standard InChI is InChI=1S/C24H35N5O3S/c1-18-16-22(27-10-6-7-11-27)26-23(25-18)28-12-14-29(15-13-28)33(30,31)21-17-19(24(2,3)4)8-9-20(21)32-5/h8-9,16-17H,6-7,10-15H2,1-5H3. The van der Waals surface area contributed by atoms with E-state index in [-0.39, 0.29) is 10.3 Å². The van der Waals surface area contributed by atoms with E-state index < -0.39 is 10.0 Å². The van der Waals surface area contributed by atoms with E-state index in [9.17, 15) is 8.42 Å². The van der Waals surface area contributed by atoms with Gasteiger partial charge < -0.3 is 14.5 Å². The monoisotopic (exact) mass is 473 g/mol. The van der Waals surface area contributed by atoms with Gasteiger partial charge in [0.25, 0.3) is 0 Å². The maximum absolute atomic E-state index is 13.6. The molecule has 2 aliphatic rings. The van der Waals surface area contributed by atoms with Gasteiger partial charge in [0.2, 0.25) is 16.0 Å². The lowest BCUT2D eigenvalue weighted by atomic mass is 9.87. The first-order chi connectivity index (χ1) is 15.6. The quantitative estimate of drug-likeness (QED) is 0.660. The molecule has 0 amide bonds. The van der Waals surface area contributed by atoms with Crippen LogP contribution in [0.4, 0.5) is 11.8 Å². The molecule has 0 unspecified atom stereocenters. The van der Waals surface area contributed by atoms with E-state index in [0.29, 0.717) is 37.9 Å². The van der Waals surface area contributed by atoms with Gasteiger partial charge in [0.15, 0.2) is 0 Å². The summed E-state index contributed by atoms with van der Waals surface area (Å²) in [6, 6.07) is 7.48. The van der Waals surface area contributed by atoms with Crippen molar-refractivity contribution < 1.29 is 13.2 Å². The Morgan fingerprint density at radius 3 is 2.18 bits per heavy atom. The number of hydrogen-bond acceptors (Lipinski definition) is 7. The Balaban J connectivity index is 1.53. The first-order valence-corrected chi connectivity index (χ1v) is 13.1. The van der Waals surface area contributed by atoms with Gasteiger partial charge in [-0.05, 0) is 42.9 Å². The number of methoxy groups -OCH3 is 1. The number of aryl methyl sites for hydroxylation is 1. The molecule has 1 aromatic carbocycles. The average molecular weight is 474 g/mol. The minimum atomic E-state index is -3.69. The van der Waals surface area contributed by atoms with E-state index in [2.05, 4.69) is 35.6 Å². The molecule has 0 bridgehead atoms. The predicted molar refractivity (Wildman–Crippen MR) is 131 cm³/mol. The van der Waals surface area contributed by atoms with Crippen molar-refractivity contribution in [3.8, 4) is 5.75 Å². The molecule has 0 aliphatic carbocycles. The van der Waals surface area contributed by atoms with E-state index in [1.54, 1.807) is 16.4 Å². The van der Waals surface area contributed by atoms with Crippen LogP contribution >= 0.6 is 0 Å². The molecule has 0 atom stereocenters. The van der Waals surface area contributed by atoms with Crippen LogP contribution in [-0.2, 0) is 15.4 Å². The third-order valence-corrected chi connectivity index (χ3v) is 8.35. The lowest BCUT2D eigenvalue weighted by Crippen LogP contribution is -2.49. The molecule has 2 saturated heterocycles. The molecule has 3 heterocycles. The van der Waals surface area contributed by atoms with Crippen LogP contribution in [0.5, 0.6) is 5.75 Å². The van der Waals surface area contributed by atoms with Crippen LogP contribution in [0.2, 0.25) is 0 Å². The van der Waals surface area contributed by atoms with Gasteiger partial charge >= 0.3 is 0 Å². The van der Waals surface area contributed by atoms with Crippen LogP contribution in [0.15, 0.2) is 29.2 Å². The van der Waals surface area contributed by atoms with Crippen molar-refractivity contribution >= 4 is 21.8 Å². The summed E-state index contributed by atoms with van der Waals surface area (Å²) in [4.78, 5) is 14.1. The number of sulfonamides is 1. The lowest BCUT2D eigenvalue weighted by molar-refractivity contribution is 0.372. The van der Waals surface area contributed by atoms with Gasteiger partial charge in [0.05, 0.1) is 7.11 Å². The summed E-state index contributed by atoms with van der Waals surface area (Å²) in [6.07, 6.45) is 2.38. The number of nitrogens with zero attached hydrogens (tertiary/aromatic N) is 5. The summed E-state index contributed by atoms with van der Waals surface area (Å²) < 4.78 is 34.1. The Hall–Kier alpha value is -2.39. The molecule has 0 radical (unpaired) electrons. The number of ether oxygens (including phenoxy) is 1. The van der Waals surface area contributed by atoms with Crippen LogP contribution in [0.3, 0.4) is 0 Å². The van der Waals surface area contributed by atoms with Crippen molar-refractivity contribution in [1.82, 2.24) is 14.3 Å². The molecular weight excluding hydrogens is 438 g/mol. The molecule has 180 valence electrons. The molecule has 8 nitrogen and oxygen atoms in total. The van der Waals surface area contributed by atoms with Gasteiger partial charge in [-0.25, -0.2) is 13.4 Å². The van der Waals surface area contributed by atoms with Crippen LogP contribution in [0.1, 0.15) is 44.9 Å². The zero-order valence-corrected chi connectivity index (χ0v) is 21.2. The van der Waals surface area contributed by atoms with E-state index in [1.165, 1.54) is 20.0 Å². The molecule has 33 heavy (non-hydrogen) atoms. The highest BCUT2D eigenvalue weighted by Crippen LogP contribution is 2.33. The van der Waals surface area contributed by atoms with Gasteiger partial charge in [-0.3, -0.25) is 0 Å². The summed E-state index contributed by atoms with van der Waals surface area (Å²) in [7, 11) is -2.18. The summed E-state index contributed by atoms with van der Waals surface area (Å²) in [6.45, 7) is 12.1. The second kappa shape index (κ2) is 9.10. The number of piperazine rings is 1. The summed E-state index contributed by atoms with van der Waals surface area (Å²) in [5.41, 5.74) is 1.73. The predicted octanol–water partition coefficient (Wildman–Crippen LogP) is 3.20. The Labute approximate surface area is 197 Å². The molecule has 0 saturated carbocycles. The highest BCUT2D eigenvalue weighted by molar-refractivity contribution is 7.89. The highest BCUT2D eigenvalue weighted by atomic mass is 32.2. The van der Waals surface area contributed by atoms with Gasteiger partial charge in [0, 0.05) is 51.0 Å². The van der Waals surface area contributed by atoms with Gasteiger partial charge in [-0.2, -0.15) is 9.29 Å². The maximum atomic E-state index is 13.6. The Morgan fingerprint density at radius 2 is 1.58 bits per heavy atom. The van der Waals surface area contributed by atoms with E-state index in [0.717, 1.165) is 30.2 Å². The number of benzene rings is 1. The van der Waals surface area contributed by atoms with Crippen molar-refractivity contribution in [3.05, 3.63) is 35.5 Å². The summed E-state index contributed by atoms with van der Waals surface area (Å²) in [5, 5.41) is 0. The highest BCUT2D eigenvalue weighted by Gasteiger charge is 2.33. The fourth-order valence-corrected chi connectivity index (χ4v) is 6.00. The normalized spacial score (nSPS) is 18.1. The molecular formula is C24H35N5O3S. The smallest absolute Gasteiger partial charge is 0.246 e. The third-order valence-electron chi connectivity index (χ3n) is 6.43. The fraction of sp³-hybridized carbons (Fsp3) is 0.583. The first-order valence-electron chi connectivity index (χ1n) is 11.6. The molecule has 2 fully saturated rings. The molecule has 0 N–H and O–H groups in total. The van der Waals surface area contributed by atoms with Crippen molar-refractivity contribution in [3.63, 3.8) is 0 Å².